The first kappa shape index (κ1) is 19.7. The van der Waals surface area contributed by atoms with Gasteiger partial charge in [0.15, 0.2) is 0 Å². The topological polar surface area (TPSA) is 52.7 Å². The lowest BCUT2D eigenvalue weighted by Crippen LogP contribution is -2.57. The minimum Gasteiger partial charge on any atom is -0.340 e. The van der Waals surface area contributed by atoms with Gasteiger partial charge in [0.1, 0.15) is 5.82 Å². The van der Waals surface area contributed by atoms with E-state index in [9.17, 15) is 14.0 Å². The van der Waals surface area contributed by atoms with Gasteiger partial charge in [0.2, 0.25) is 11.8 Å². The highest BCUT2D eigenvalue weighted by Crippen LogP contribution is 2.23. The number of piperazine rings is 1. The summed E-state index contributed by atoms with van der Waals surface area (Å²) in [6.07, 6.45) is 1.83. The van der Waals surface area contributed by atoms with Gasteiger partial charge in [-0.2, -0.15) is 0 Å². The molecule has 0 spiro atoms. The zero-order chi connectivity index (χ0) is 17.1. The quantitative estimate of drug-likeness (QED) is 0.883. The molecule has 25 heavy (non-hydrogen) atoms. The lowest BCUT2D eigenvalue weighted by Gasteiger charge is -2.41. The van der Waals surface area contributed by atoms with Crippen molar-refractivity contribution < 1.29 is 14.0 Å². The van der Waals surface area contributed by atoms with Gasteiger partial charge in [-0.15, -0.1) is 12.4 Å². The molecule has 0 saturated carbocycles. The Balaban J connectivity index is 0.00000225. The van der Waals surface area contributed by atoms with Gasteiger partial charge in [-0.05, 0) is 37.5 Å². The fourth-order valence-electron chi connectivity index (χ4n) is 3.61. The van der Waals surface area contributed by atoms with E-state index in [0.717, 1.165) is 19.4 Å². The van der Waals surface area contributed by atoms with Gasteiger partial charge in [-0.25, -0.2) is 4.39 Å². The number of piperidine rings is 1. The molecule has 0 aromatic heterocycles. The van der Waals surface area contributed by atoms with Gasteiger partial charge in [0, 0.05) is 32.2 Å². The van der Waals surface area contributed by atoms with Gasteiger partial charge in [-0.3, -0.25) is 9.59 Å². The third-order valence-corrected chi connectivity index (χ3v) is 4.99. The molecule has 2 saturated heterocycles. The van der Waals surface area contributed by atoms with E-state index in [1.807, 2.05) is 16.7 Å². The molecule has 2 aliphatic rings. The van der Waals surface area contributed by atoms with Crippen molar-refractivity contribution in [2.24, 2.45) is 0 Å². The first-order valence-electron chi connectivity index (χ1n) is 8.60. The van der Waals surface area contributed by atoms with Crippen LogP contribution in [-0.4, -0.2) is 60.4 Å². The summed E-state index contributed by atoms with van der Waals surface area (Å²) in [6, 6.07) is 6.31. The number of nitrogens with one attached hydrogen (secondary N) is 1. The van der Waals surface area contributed by atoms with Crippen LogP contribution in [-0.2, 0) is 9.59 Å². The molecule has 2 atom stereocenters. The molecule has 2 aliphatic heterocycles. The summed E-state index contributed by atoms with van der Waals surface area (Å²) in [6.45, 7) is 4.97. The highest BCUT2D eigenvalue weighted by molar-refractivity contribution is 5.85. The van der Waals surface area contributed by atoms with Gasteiger partial charge in [0.25, 0.3) is 0 Å². The Morgan fingerprint density at radius 2 is 2.16 bits per heavy atom. The summed E-state index contributed by atoms with van der Waals surface area (Å²) in [5.41, 5.74) is 0.695. The van der Waals surface area contributed by atoms with E-state index in [4.69, 9.17) is 0 Å². The van der Waals surface area contributed by atoms with Crippen LogP contribution in [0.3, 0.4) is 0 Å². The molecule has 2 amide bonds. The molecule has 2 unspecified atom stereocenters. The number of nitrogens with zero attached hydrogens (tertiary/aromatic N) is 2. The van der Waals surface area contributed by atoms with Crippen molar-refractivity contribution in [2.75, 3.05) is 32.7 Å². The van der Waals surface area contributed by atoms with Gasteiger partial charge in [0.05, 0.1) is 12.5 Å². The van der Waals surface area contributed by atoms with Crippen LogP contribution in [0.15, 0.2) is 24.3 Å². The molecule has 5 nitrogen and oxygen atoms in total. The molecule has 0 bridgehead atoms. The molecule has 1 N–H and O–H groups in total. The maximum atomic E-state index is 13.4. The highest BCUT2D eigenvalue weighted by atomic mass is 35.5. The van der Waals surface area contributed by atoms with Crippen molar-refractivity contribution >= 4 is 24.2 Å². The molecule has 7 heteroatoms. The molecular formula is C18H25ClFN3O2. The zero-order valence-corrected chi connectivity index (χ0v) is 15.2. The number of hydrogen-bond acceptors (Lipinski definition) is 3. The average molecular weight is 370 g/mol. The normalized spacial score (nSPS) is 22.3. The molecule has 2 heterocycles. The van der Waals surface area contributed by atoms with E-state index in [-0.39, 0.29) is 42.0 Å². The maximum absolute atomic E-state index is 13.4. The van der Waals surface area contributed by atoms with E-state index in [1.165, 1.54) is 12.1 Å². The van der Waals surface area contributed by atoms with E-state index >= 15 is 0 Å². The minimum atomic E-state index is -0.377. The molecule has 1 aromatic carbocycles. The van der Waals surface area contributed by atoms with Crippen molar-refractivity contribution in [2.45, 2.75) is 31.7 Å². The van der Waals surface area contributed by atoms with Crippen molar-refractivity contribution in [3.05, 3.63) is 35.6 Å². The second-order valence-corrected chi connectivity index (χ2v) is 6.62. The van der Waals surface area contributed by atoms with Crippen LogP contribution in [0.2, 0.25) is 0 Å². The van der Waals surface area contributed by atoms with Crippen LogP contribution >= 0.6 is 12.4 Å². The SMILES string of the molecule is CC(C(=O)N1CCCC(N2CCNCC2=O)C1)c1cccc(F)c1.Cl. The molecule has 1 aromatic rings. The maximum Gasteiger partial charge on any atom is 0.236 e. The Labute approximate surface area is 154 Å². The summed E-state index contributed by atoms with van der Waals surface area (Å²) in [7, 11) is 0. The molecule has 138 valence electrons. The molecule has 0 radical (unpaired) electrons. The smallest absolute Gasteiger partial charge is 0.236 e. The average Bonchev–Trinajstić information content (AvgIpc) is 2.61. The monoisotopic (exact) mass is 369 g/mol. The van der Waals surface area contributed by atoms with Crippen LogP contribution < -0.4 is 5.32 Å². The van der Waals surface area contributed by atoms with Crippen molar-refractivity contribution in [3.8, 4) is 0 Å². The zero-order valence-electron chi connectivity index (χ0n) is 14.4. The molecule has 0 aliphatic carbocycles. The Morgan fingerprint density at radius 1 is 1.36 bits per heavy atom. The standard InChI is InChI=1S/C18H24FN3O2.ClH/c1-13(14-4-2-5-15(19)10-14)18(24)21-8-3-6-16(12-21)22-9-7-20-11-17(22)23;/h2,4-5,10,13,16,20H,3,6-9,11-12H2,1H3;1H. The van der Waals surface area contributed by atoms with Crippen molar-refractivity contribution in [1.29, 1.82) is 0 Å². The van der Waals surface area contributed by atoms with E-state index in [1.54, 1.807) is 12.1 Å². The molecule has 3 rings (SSSR count). The van der Waals surface area contributed by atoms with E-state index in [0.29, 0.717) is 31.7 Å². The lowest BCUT2D eigenvalue weighted by atomic mass is 9.96. The van der Waals surface area contributed by atoms with Crippen LogP contribution in [0.25, 0.3) is 0 Å². The predicted molar refractivity (Wildman–Crippen MR) is 96.2 cm³/mol. The first-order valence-corrected chi connectivity index (χ1v) is 8.60. The van der Waals surface area contributed by atoms with Crippen LogP contribution in [0.4, 0.5) is 4.39 Å². The first-order chi connectivity index (χ1) is 11.6. The number of benzene rings is 1. The largest absolute Gasteiger partial charge is 0.340 e. The van der Waals surface area contributed by atoms with Gasteiger partial charge in [-0.1, -0.05) is 12.1 Å². The van der Waals surface area contributed by atoms with Crippen molar-refractivity contribution in [3.63, 3.8) is 0 Å². The number of halogens is 2. The van der Waals surface area contributed by atoms with E-state index in [2.05, 4.69) is 5.32 Å². The van der Waals surface area contributed by atoms with Gasteiger partial charge >= 0.3 is 0 Å². The third kappa shape index (κ3) is 4.50. The second-order valence-electron chi connectivity index (χ2n) is 6.62. The van der Waals surface area contributed by atoms with Gasteiger partial charge < -0.3 is 15.1 Å². The van der Waals surface area contributed by atoms with Crippen LogP contribution in [0.1, 0.15) is 31.2 Å². The molecule has 2 fully saturated rings. The summed E-state index contributed by atoms with van der Waals surface area (Å²) in [4.78, 5) is 28.6. The summed E-state index contributed by atoms with van der Waals surface area (Å²) in [5.74, 6) is -0.583. The fraction of sp³-hybridized carbons (Fsp3) is 0.556. The lowest BCUT2D eigenvalue weighted by molar-refractivity contribution is -0.141. The summed E-state index contributed by atoms with van der Waals surface area (Å²) < 4.78 is 13.4. The Morgan fingerprint density at radius 3 is 2.88 bits per heavy atom. The number of carbonyl (C=O) groups is 2. The van der Waals surface area contributed by atoms with Crippen LogP contribution in [0.5, 0.6) is 0 Å². The second kappa shape index (κ2) is 8.63. The number of hydrogen-bond donors (Lipinski definition) is 1. The number of rotatable bonds is 3. The fourth-order valence-corrected chi connectivity index (χ4v) is 3.61. The minimum absolute atomic E-state index is 0. The van der Waals surface area contributed by atoms with Crippen molar-refractivity contribution in [1.82, 2.24) is 15.1 Å². The number of likely N-dealkylation sites (tertiary alicyclic amines) is 1. The third-order valence-electron chi connectivity index (χ3n) is 4.99. The Kier molecular flexibility index (Phi) is 6.79. The number of amides is 2. The Hall–Kier alpha value is -1.66. The Bertz CT molecular complexity index is 628. The van der Waals surface area contributed by atoms with Crippen LogP contribution in [0, 0.1) is 5.82 Å². The molecular weight excluding hydrogens is 345 g/mol. The van der Waals surface area contributed by atoms with E-state index < -0.39 is 0 Å². The highest BCUT2D eigenvalue weighted by Gasteiger charge is 2.33. The summed E-state index contributed by atoms with van der Waals surface area (Å²) >= 11 is 0. The summed E-state index contributed by atoms with van der Waals surface area (Å²) in [5, 5.41) is 3.08. The predicted octanol–water partition coefficient (Wildman–Crippen LogP) is 1.77. The number of carbonyl (C=O) groups excluding carboxylic acids is 2.